The fourth-order valence-corrected chi connectivity index (χ4v) is 5.36. The van der Waals surface area contributed by atoms with Crippen molar-refractivity contribution in [3.63, 3.8) is 0 Å². The Hall–Kier alpha value is -2.97. The minimum Gasteiger partial charge on any atom is -0.465 e. The maximum atomic E-state index is 12.5. The molecule has 0 saturated carbocycles. The summed E-state index contributed by atoms with van der Waals surface area (Å²) in [6, 6.07) is 13.8. The maximum Gasteiger partial charge on any atom is 0.327 e. The van der Waals surface area contributed by atoms with E-state index < -0.39 is 11.3 Å². The predicted octanol–water partition coefficient (Wildman–Crippen LogP) is 4.75. The lowest BCUT2D eigenvalue weighted by Crippen LogP contribution is -2.33. The van der Waals surface area contributed by atoms with E-state index in [1.165, 1.54) is 15.4 Å². The van der Waals surface area contributed by atoms with Crippen molar-refractivity contribution < 1.29 is 18.3 Å². The third kappa shape index (κ3) is 5.02. The minimum absolute atomic E-state index is 0.0444. The second kappa shape index (κ2) is 9.89. The van der Waals surface area contributed by atoms with E-state index in [1.807, 2.05) is 24.3 Å². The summed E-state index contributed by atoms with van der Waals surface area (Å²) < 4.78 is 30.9. The smallest absolute Gasteiger partial charge is 0.327 e. The molecule has 1 aromatic heterocycles. The van der Waals surface area contributed by atoms with Crippen molar-refractivity contribution in [1.82, 2.24) is 9.78 Å². The molecule has 0 saturated heterocycles. The van der Waals surface area contributed by atoms with Crippen molar-refractivity contribution in [2.75, 3.05) is 10.9 Å². The molecule has 174 valence electrons. The summed E-state index contributed by atoms with van der Waals surface area (Å²) in [5.74, 6) is -0.338. The number of benzene rings is 2. The van der Waals surface area contributed by atoms with Crippen LogP contribution in [0.4, 0.5) is 5.69 Å². The van der Waals surface area contributed by atoms with Crippen molar-refractivity contribution in [3.05, 3.63) is 71.0 Å². The highest BCUT2D eigenvalue weighted by atomic mass is 32.2. The Bertz CT molecular complexity index is 1150. The number of nitrogens with zero attached hydrogens (tertiary/aromatic N) is 3. The normalized spacial score (nSPS) is 16.2. The van der Waals surface area contributed by atoms with Gasteiger partial charge in [-0.1, -0.05) is 41.5 Å². The van der Waals surface area contributed by atoms with Crippen LogP contribution < -0.4 is 4.31 Å². The van der Waals surface area contributed by atoms with E-state index in [0.29, 0.717) is 12.3 Å². The summed E-state index contributed by atoms with van der Waals surface area (Å²) in [6.45, 7) is 6.28. The number of esters is 1. The number of hydrogen-bond donors (Lipinski definition) is 1. The number of rotatable bonds is 7. The summed E-state index contributed by atoms with van der Waals surface area (Å²) in [5, 5.41) is 4.38. The van der Waals surface area contributed by atoms with Crippen LogP contribution in [0.5, 0.6) is 0 Å². The Morgan fingerprint density at radius 3 is 2.52 bits per heavy atom. The van der Waals surface area contributed by atoms with Crippen LogP contribution in [0.1, 0.15) is 48.2 Å². The lowest BCUT2D eigenvalue weighted by Gasteiger charge is -2.33. The van der Waals surface area contributed by atoms with E-state index in [-0.39, 0.29) is 18.6 Å². The molecule has 33 heavy (non-hydrogen) atoms. The van der Waals surface area contributed by atoms with Crippen LogP contribution in [0, 0.1) is 13.8 Å². The van der Waals surface area contributed by atoms with Crippen LogP contribution >= 0.6 is 0 Å². The SMILES string of the molecule is CCOC(=O)Cn1ncc2c1CCCC2N(c1ccc(-c2cc(C)cc(C)c2)cc1)S(=O)O. The van der Waals surface area contributed by atoms with Crippen LogP contribution in [0.2, 0.25) is 0 Å². The van der Waals surface area contributed by atoms with Gasteiger partial charge in [0.25, 0.3) is 11.3 Å². The van der Waals surface area contributed by atoms with Crippen LogP contribution in [0.25, 0.3) is 11.1 Å². The van der Waals surface area contributed by atoms with Crippen LogP contribution in [-0.2, 0) is 33.8 Å². The number of carbonyl (C=O) groups excluding carboxylic acids is 1. The molecule has 0 radical (unpaired) electrons. The Kier molecular flexibility index (Phi) is 6.95. The first kappa shape index (κ1) is 23.2. The summed E-state index contributed by atoms with van der Waals surface area (Å²) >= 11 is -2.22. The lowest BCUT2D eigenvalue weighted by molar-refractivity contribution is -0.144. The topological polar surface area (TPSA) is 84.7 Å². The molecule has 1 N–H and O–H groups in total. The molecule has 0 bridgehead atoms. The van der Waals surface area contributed by atoms with Gasteiger partial charge in [-0.2, -0.15) is 5.10 Å². The average Bonchev–Trinajstić information content (AvgIpc) is 3.17. The summed E-state index contributed by atoms with van der Waals surface area (Å²) in [6.07, 6.45) is 4.04. The van der Waals surface area contributed by atoms with Gasteiger partial charge in [-0.15, -0.1) is 0 Å². The zero-order valence-electron chi connectivity index (χ0n) is 19.2. The van der Waals surface area contributed by atoms with E-state index in [4.69, 9.17) is 4.74 Å². The molecule has 1 heterocycles. The Labute approximate surface area is 196 Å². The van der Waals surface area contributed by atoms with E-state index >= 15 is 0 Å². The molecule has 1 aliphatic carbocycles. The molecule has 3 aromatic rings. The van der Waals surface area contributed by atoms with Crippen molar-refractivity contribution >= 4 is 22.9 Å². The van der Waals surface area contributed by atoms with Gasteiger partial charge in [-0.25, -0.2) is 4.21 Å². The number of fused-ring (bicyclic) bond motifs is 1. The first-order valence-electron chi connectivity index (χ1n) is 11.2. The first-order chi connectivity index (χ1) is 15.9. The van der Waals surface area contributed by atoms with Crippen molar-refractivity contribution in [3.8, 4) is 11.1 Å². The average molecular weight is 468 g/mol. The highest BCUT2D eigenvalue weighted by molar-refractivity contribution is 7.80. The van der Waals surface area contributed by atoms with Gasteiger partial charge in [-0.3, -0.25) is 18.3 Å². The van der Waals surface area contributed by atoms with Gasteiger partial charge in [0.1, 0.15) is 6.54 Å². The Morgan fingerprint density at radius 1 is 1.18 bits per heavy atom. The summed E-state index contributed by atoms with van der Waals surface area (Å²) in [5.41, 5.74) is 7.04. The molecule has 0 aliphatic heterocycles. The molecule has 4 rings (SSSR count). The van der Waals surface area contributed by atoms with Crippen LogP contribution in [0.3, 0.4) is 0 Å². The highest BCUT2D eigenvalue weighted by Gasteiger charge is 2.32. The molecular formula is C25H29N3O4S. The van der Waals surface area contributed by atoms with E-state index in [0.717, 1.165) is 41.6 Å². The van der Waals surface area contributed by atoms with Crippen molar-refractivity contribution in [2.45, 2.75) is 52.6 Å². The number of carbonyl (C=O) groups is 1. The molecule has 2 unspecified atom stereocenters. The van der Waals surface area contributed by atoms with Gasteiger partial charge in [0.2, 0.25) is 0 Å². The maximum absolute atomic E-state index is 12.5. The summed E-state index contributed by atoms with van der Waals surface area (Å²) in [4.78, 5) is 12.0. The molecule has 2 atom stereocenters. The zero-order chi connectivity index (χ0) is 23.5. The number of anilines is 1. The third-order valence-corrected chi connectivity index (χ3v) is 6.75. The number of aromatic nitrogens is 2. The Morgan fingerprint density at radius 2 is 1.88 bits per heavy atom. The van der Waals surface area contributed by atoms with Crippen molar-refractivity contribution in [2.24, 2.45) is 0 Å². The molecule has 0 amide bonds. The molecule has 2 aromatic carbocycles. The predicted molar refractivity (Wildman–Crippen MR) is 129 cm³/mol. The van der Waals surface area contributed by atoms with Gasteiger partial charge in [-0.05, 0) is 63.3 Å². The molecule has 0 spiro atoms. The first-order valence-corrected chi connectivity index (χ1v) is 12.2. The molecule has 8 heteroatoms. The second-order valence-corrected chi connectivity index (χ2v) is 9.25. The third-order valence-electron chi connectivity index (χ3n) is 5.94. The second-order valence-electron chi connectivity index (χ2n) is 8.40. The fraction of sp³-hybridized carbons (Fsp3) is 0.360. The monoisotopic (exact) mass is 467 g/mol. The van der Waals surface area contributed by atoms with Gasteiger partial charge >= 0.3 is 5.97 Å². The number of aryl methyl sites for hydroxylation is 2. The quantitative estimate of drug-likeness (QED) is 0.400. The largest absolute Gasteiger partial charge is 0.465 e. The Balaban J connectivity index is 1.63. The van der Waals surface area contributed by atoms with Gasteiger partial charge in [0, 0.05) is 11.3 Å². The number of ether oxygens (including phenoxy) is 1. The van der Waals surface area contributed by atoms with Crippen LogP contribution in [-0.4, -0.2) is 31.1 Å². The number of hydrogen-bond acceptors (Lipinski definition) is 4. The van der Waals surface area contributed by atoms with Gasteiger partial charge in [0.05, 0.1) is 24.5 Å². The van der Waals surface area contributed by atoms with Gasteiger partial charge < -0.3 is 4.74 Å². The zero-order valence-corrected chi connectivity index (χ0v) is 20.0. The standard InChI is InChI=1S/C25H29N3O4S/c1-4-32-25(29)16-27-23-6-5-7-24(22(23)15-26-27)28(33(30)31)21-10-8-19(9-11-21)20-13-17(2)12-18(3)14-20/h8-15,24H,4-7,16H2,1-3H3,(H,30,31). The minimum atomic E-state index is -2.22. The van der Waals surface area contributed by atoms with Crippen molar-refractivity contribution in [1.29, 1.82) is 0 Å². The van der Waals surface area contributed by atoms with Gasteiger partial charge in [0.15, 0.2) is 0 Å². The van der Waals surface area contributed by atoms with E-state index in [2.05, 4.69) is 37.1 Å². The highest BCUT2D eigenvalue weighted by Crippen LogP contribution is 2.38. The lowest BCUT2D eigenvalue weighted by atomic mass is 9.92. The molecular weight excluding hydrogens is 438 g/mol. The van der Waals surface area contributed by atoms with Crippen LogP contribution in [0.15, 0.2) is 48.7 Å². The fourth-order valence-electron chi connectivity index (χ4n) is 4.63. The summed E-state index contributed by atoms with van der Waals surface area (Å²) in [7, 11) is 0. The van der Waals surface area contributed by atoms with E-state index in [9.17, 15) is 13.6 Å². The molecule has 7 nitrogen and oxygen atoms in total. The van der Waals surface area contributed by atoms with E-state index in [1.54, 1.807) is 17.8 Å². The molecule has 0 fully saturated rings. The molecule has 1 aliphatic rings.